The molecule has 3 atom stereocenters. The number of fused-ring (bicyclic) bond motifs is 2. The SMILES string of the molecule is CCCN1CCC(CC(=O)N2[C@@H]3CC[C@H]2CC(O)C3)CC1. The van der Waals surface area contributed by atoms with Crippen molar-refractivity contribution in [3.8, 4) is 0 Å². The minimum absolute atomic E-state index is 0.177. The van der Waals surface area contributed by atoms with Gasteiger partial charge < -0.3 is 14.9 Å². The Labute approximate surface area is 128 Å². The van der Waals surface area contributed by atoms with Crippen molar-refractivity contribution in [1.82, 2.24) is 9.80 Å². The lowest BCUT2D eigenvalue weighted by Crippen LogP contribution is -2.48. The highest BCUT2D eigenvalue weighted by molar-refractivity contribution is 5.77. The lowest BCUT2D eigenvalue weighted by atomic mass is 9.91. The maximum absolute atomic E-state index is 12.7. The summed E-state index contributed by atoms with van der Waals surface area (Å²) in [6, 6.07) is 0.651. The van der Waals surface area contributed by atoms with Crippen LogP contribution in [0.15, 0.2) is 0 Å². The molecule has 0 spiro atoms. The van der Waals surface area contributed by atoms with Crippen molar-refractivity contribution in [2.45, 2.75) is 76.5 Å². The normalized spacial score (nSPS) is 34.4. The van der Waals surface area contributed by atoms with E-state index in [0.717, 1.165) is 45.2 Å². The molecule has 3 rings (SSSR count). The minimum Gasteiger partial charge on any atom is -0.393 e. The van der Waals surface area contributed by atoms with E-state index in [4.69, 9.17) is 0 Å². The van der Waals surface area contributed by atoms with Crippen LogP contribution in [-0.4, -0.2) is 58.6 Å². The number of nitrogens with zero attached hydrogens (tertiary/aromatic N) is 2. The predicted octanol–water partition coefficient (Wildman–Crippen LogP) is 2.01. The summed E-state index contributed by atoms with van der Waals surface area (Å²) in [7, 11) is 0. The Balaban J connectivity index is 1.49. The third-order valence-corrected chi connectivity index (χ3v) is 5.71. The van der Waals surface area contributed by atoms with E-state index in [9.17, 15) is 9.90 Å². The molecule has 1 amide bonds. The van der Waals surface area contributed by atoms with Crippen molar-refractivity contribution < 1.29 is 9.90 Å². The fraction of sp³-hybridized carbons (Fsp3) is 0.941. The molecule has 2 bridgehead atoms. The maximum Gasteiger partial charge on any atom is 0.223 e. The summed E-state index contributed by atoms with van der Waals surface area (Å²) in [6.45, 7) is 5.76. The summed E-state index contributed by atoms with van der Waals surface area (Å²) in [5.41, 5.74) is 0. The van der Waals surface area contributed by atoms with Crippen LogP contribution in [0.2, 0.25) is 0 Å². The first-order chi connectivity index (χ1) is 10.2. The van der Waals surface area contributed by atoms with Gasteiger partial charge in [0.05, 0.1) is 6.10 Å². The largest absolute Gasteiger partial charge is 0.393 e. The first-order valence-electron chi connectivity index (χ1n) is 8.89. The molecule has 0 saturated carbocycles. The van der Waals surface area contributed by atoms with E-state index in [2.05, 4.69) is 16.7 Å². The second-order valence-electron chi connectivity index (χ2n) is 7.30. The quantitative estimate of drug-likeness (QED) is 0.862. The van der Waals surface area contributed by atoms with Crippen molar-refractivity contribution in [3.63, 3.8) is 0 Å². The lowest BCUT2D eigenvalue weighted by Gasteiger charge is -2.39. The highest BCUT2D eigenvalue weighted by atomic mass is 16.3. The Kier molecular flexibility index (Phi) is 4.85. The number of piperidine rings is 2. The van der Waals surface area contributed by atoms with Crippen LogP contribution < -0.4 is 0 Å². The van der Waals surface area contributed by atoms with Crippen LogP contribution in [0.1, 0.15) is 58.3 Å². The van der Waals surface area contributed by atoms with Crippen LogP contribution in [0.25, 0.3) is 0 Å². The van der Waals surface area contributed by atoms with E-state index in [1.54, 1.807) is 0 Å². The van der Waals surface area contributed by atoms with E-state index < -0.39 is 0 Å². The van der Waals surface area contributed by atoms with E-state index in [-0.39, 0.29) is 6.10 Å². The van der Waals surface area contributed by atoms with Crippen LogP contribution in [0.3, 0.4) is 0 Å². The zero-order valence-electron chi connectivity index (χ0n) is 13.3. The van der Waals surface area contributed by atoms with Gasteiger partial charge in [-0.05, 0) is 70.5 Å². The van der Waals surface area contributed by atoms with Crippen LogP contribution in [0.4, 0.5) is 0 Å². The van der Waals surface area contributed by atoms with Gasteiger partial charge in [0.25, 0.3) is 0 Å². The molecule has 3 fully saturated rings. The second-order valence-corrected chi connectivity index (χ2v) is 7.30. The zero-order valence-corrected chi connectivity index (χ0v) is 13.3. The van der Waals surface area contributed by atoms with Gasteiger partial charge in [0.2, 0.25) is 5.91 Å². The van der Waals surface area contributed by atoms with Gasteiger partial charge in [-0.25, -0.2) is 0 Å². The molecule has 4 heteroatoms. The average molecular weight is 294 g/mol. The molecule has 4 nitrogen and oxygen atoms in total. The average Bonchev–Trinajstić information content (AvgIpc) is 2.74. The molecule has 0 aromatic carbocycles. The van der Waals surface area contributed by atoms with Crippen LogP contribution >= 0.6 is 0 Å². The predicted molar refractivity (Wildman–Crippen MR) is 83.0 cm³/mol. The Morgan fingerprint density at radius 2 is 1.71 bits per heavy atom. The van der Waals surface area contributed by atoms with Gasteiger partial charge in [-0.15, -0.1) is 0 Å². The second kappa shape index (κ2) is 6.66. The van der Waals surface area contributed by atoms with Gasteiger partial charge in [0, 0.05) is 18.5 Å². The number of aliphatic hydroxyl groups is 1. The maximum atomic E-state index is 12.7. The summed E-state index contributed by atoms with van der Waals surface area (Å²) < 4.78 is 0. The number of hydrogen-bond acceptors (Lipinski definition) is 3. The highest BCUT2D eigenvalue weighted by Crippen LogP contribution is 2.37. The summed E-state index contributed by atoms with van der Waals surface area (Å²) in [6.07, 6.45) is 7.95. The third kappa shape index (κ3) is 3.42. The number of carbonyl (C=O) groups is 1. The smallest absolute Gasteiger partial charge is 0.223 e. The van der Waals surface area contributed by atoms with Gasteiger partial charge in [-0.3, -0.25) is 4.79 Å². The summed E-state index contributed by atoms with van der Waals surface area (Å²) in [5, 5.41) is 9.85. The molecular weight excluding hydrogens is 264 g/mol. The Bertz CT molecular complexity index is 352. The standard InChI is InChI=1S/C17H30N2O2/c1-2-7-18-8-5-13(6-9-18)10-17(21)19-14-3-4-15(19)12-16(20)11-14/h13-16,20H,2-12H2,1H3/t14-,15+,16?. The van der Waals surface area contributed by atoms with E-state index >= 15 is 0 Å². The van der Waals surface area contributed by atoms with Gasteiger partial charge >= 0.3 is 0 Å². The topological polar surface area (TPSA) is 43.8 Å². The van der Waals surface area contributed by atoms with Crippen molar-refractivity contribution in [3.05, 3.63) is 0 Å². The first-order valence-corrected chi connectivity index (χ1v) is 8.89. The molecule has 1 unspecified atom stereocenters. The number of carbonyl (C=O) groups excluding carboxylic acids is 1. The van der Waals surface area contributed by atoms with E-state index in [1.807, 2.05) is 0 Å². The number of rotatable bonds is 4. The Hall–Kier alpha value is -0.610. The molecule has 0 radical (unpaired) electrons. The molecule has 3 aliphatic heterocycles. The molecule has 1 N–H and O–H groups in total. The van der Waals surface area contributed by atoms with Crippen LogP contribution in [0, 0.1) is 5.92 Å². The molecule has 3 aliphatic rings. The summed E-state index contributed by atoms with van der Waals surface area (Å²) in [5.74, 6) is 0.945. The van der Waals surface area contributed by atoms with Crippen molar-refractivity contribution in [2.24, 2.45) is 5.92 Å². The van der Waals surface area contributed by atoms with Gasteiger partial charge in [0.1, 0.15) is 0 Å². The van der Waals surface area contributed by atoms with Gasteiger partial charge in [-0.2, -0.15) is 0 Å². The number of amides is 1. The Morgan fingerprint density at radius 1 is 1.10 bits per heavy atom. The lowest BCUT2D eigenvalue weighted by molar-refractivity contribution is -0.138. The van der Waals surface area contributed by atoms with Gasteiger partial charge in [0.15, 0.2) is 0 Å². The molecular formula is C17H30N2O2. The number of aliphatic hydroxyl groups excluding tert-OH is 1. The third-order valence-electron chi connectivity index (χ3n) is 5.71. The van der Waals surface area contributed by atoms with Crippen LogP contribution in [0.5, 0.6) is 0 Å². The Morgan fingerprint density at radius 3 is 2.29 bits per heavy atom. The number of likely N-dealkylation sites (tertiary alicyclic amines) is 1. The molecule has 21 heavy (non-hydrogen) atoms. The fourth-order valence-electron chi connectivity index (χ4n) is 4.64. The minimum atomic E-state index is -0.177. The van der Waals surface area contributed by atoms with Crippen molar-refractivity contribution in [1.29, 1.82) is 0 Å². The molecule has 3 saturated heterocycles. The number of hydrogen-bond donors (Lipinski definition) is 1. The first kappa shape index (κ1) is 15.3. The van der Waals surface area contributed by atoms with E-state index in [0.29, 0.717) is 23.9 Å². The van der Waals surface area contributed by atoms with Gasteiger partial charge in [-0.1, -0.05) is 6.92 Å². The summed E-state index contributed by atoms with van der Waals surface area (Å²) >= 11 is 0. The molecule has 3 heterocycles. The molecule has 0 aliphatic carbocycles. The molecule has 120 valence electrons. The highest BCUT2D eigenvalue weighted by Gasteiger charge is 2.42. The fourth-order valence-corrected chi connectivity index (χ4v) is 4.64. The molecule has 0 aromatic rings. The molecule has 0 aromatic heterocycles. The summed E-state index contributed by atoms with van der Waals surface area (Å²) in [4.78, 5) is 17.3. The zero-order chi connectivity index (χ0) is 14.8. The van der Waals surface area contributed by atoms with E-state index in [1.165, 1.54) is 25.8 Å². The van der Waals surface area contributed by atoms with Crippen molar-refractivity contribution >= 4 is 5.91 Å². The monoisotopic (exact) mass is 294 g/mol. The van der Waals surface area contributed by atoms with Crippen LogP contribution in [-0.2, 0) is 4.79 Å². The van der Waals surface area contributed by atoms with Crippen molar-refractivity contribution in [2.75, 3.05) is 19.6 Å².